The normalized spacial score (nSPS) is 18.2. The van der Waals surface area contributed by atoms with Crippen LogP contribution >= 0.6 is 11.8 Å². The molecule has 0 saturated carbocycles. The first-order valence-electron chi connectivity index (χ1n) is 10.6. The van der Waals surface area contributed by atoms with Crippen LogP contribution < -0.4 is 5.32 Å². The number of hydrogen-bond donors (Lipinski definition) is 2. The molecule has 2 unspecified atom stereocenters. The van der Waals surface area contributed by atoms with Crippen LogP contribution in [0.15, 0.2) is 48.5 Å². The smallest absolute Gasteiger partial charge is 0.407 e. The summed E-state index contributed by atoms with van der Waals surface area (Å²) in [6.07, 6.45) is -0.683. The molecule has 2 N–H and O–H groups in total. The Morgan fingerprint density at radius 2 is 1.69 bits per heavy atom. The van der Waals surface area contributed by atoms with Gasteiger partial charge >= 0.3 is 12.1 Å². The Labute approximate surface area is 191 Å². The summed E-state index contributed by atoms with van der Waals surface area (Å²) in [5.41, 5.74) is 4.49. The van der Waals surface area contributed by atoms with Gasteiger partial charge in [-0.1, -0.05) is 62.4 Å². The van der Waals surface area contributed by atoms with Gasteiger partial charge in [-0.25, -0.2) is 9.59 Å². The molecule has 0 aromatic heterocycles. The topological polar surface area (TPSA) is 95.9 Å². The van der Waals surface area contributed by atoms with Gasteiger partial charge in [-0.15, -0.1) is 11.8 Å². The van der Waals surface area contributed by atoms with Crippen molar-refractivity contribution < 1.29 is 24.2 Å². The predicted octanol–water partition coefficient (Wildman–Crippen LogP) is 3.54. The van der Waals surface area contributed by atoms with Crippen molar-refractivity contribution in [1.82, 2.24) is 10.2 Å². The number of aliphatic carboxylic acids is 1. The van der Waals surface area contributed by atoms with Crippen LogP contribution in [0.2, 0.25) is 0 Å². The summed E-state index contributed by atoms with van der Waals surface area (Å²) in [6.45, 7) is 3.77. The van der Waals surface area contributed by atoms with Crippen molar-refractivity contribution in [3.63, 3.8) is 0 Å². The van der Waals surface area contributed by atoms with Gasteiger partial charge in [0.25, 0.3) is 0 Å². The Balaban J connectivity index is 1.44. The molecular formula is C24H26N2O5S. The number of amides is 2. The molecule has 0 bridgehead atoms. The third-order valence-corrected chi connectivity index (χ3v) is 7.01. The Morgan fingerprint density at radius 3 is 2.25 bits per heavy atom. The highest BCUT2D eigenvalue weighted by Gasteiger charge is 2.39. The van der Waals surface area contributed by atoms with E-state index in [4.69, 9.17) is 4.74 Å². The van der Waals surface area contributed by atoms with Crippen LogP contribution in [0.4, 0.5) is 4.79 Å². The number of nitrogens with zero attached hydrogens (tertiary/aromatic N) is 1. The average Bonchev–Trinajstić information content (AvgIpc) is 3.39. The monoisotopic (exact) mass is 454 g/mol. The van der Waals surface area contributed by atoms with E-state index in [1.807, 2.05) is 50.2 Å². The third-order valence-electron chi connectivity index (χ3n) is 6.00. The number of benzene rings is 2. The van der Waals surface area contributed by atoms with Crippen LogP contribution in [-0.2, 0) is 14.3 Å². The SMILES string of the molecule is CC(C)C(NC(=O)OCC1c2ccccc2-c2ccccc21)C(=O)N1CSCC1C(=O)O. The number of carboxylic acid groups (broad SMARTS) is 1. The minimum atomic E-state index is -1.04. The molecule has 1 aliphatic heterocycles. The van der Waals surface area contributed by atoms with Crippen molar-refractivity contribution in [1.29, 1.82) is 0 Å². The molecule has 4 rings (SSSR count). The second kappa shape index (κ2) is 9.24. The van der Waals surface area contributed by atoms with E-state index in [0.717, 1.165) is 22.3 Å². The second-order valence-corrected chi connectivity index (χ2v) is 9.35. The van der Waals surface area contributed by atoms with Crippen LogP contribution in [0.1, 0.15) is 30.9 Å². The molecule has 2 amide bonds. The van der Waals surface area contributed by atoms with Gasteiger partial charge < -0.3 is 20.1 Å². The van der Waals surface area contributed by atoms with E-state index < -0.39 is 30.1 Å². The fourth-order valence-electron chi connectivity index (χ4n) is 4.32. The van der Waals surface area contributed by atoms with Crippen molar-refractivity contribution in [2.24, 2.45) is 5.92 Å². The molecule has 2 aromatic rings. The molecule has 0 radical (unpaired) electrons. The van der Waals surface area contributed by atoms with Gasteiger partial charge in [0, 0.05) is 11.7 Å². The van der Waals surface area contributed by atoms with Crippen molar-refractivity contribution in [2.75, 3.05) is 18.2 Å². The molecule has 168 valence electrons. The Hall–Kier alpha value is -3.00. The third kappa shape index (κ3) is 4.19. The first-order chi connectivity index (χ1) is 15.4. The van der Waals surface area contributed by atoms with Crippen molar-refractivity contribution in [3.8, 4) is 11.1 Å². The van der Waals surface area contributed by atoms with E-state index in [0.29, 0.717) is 11.6 Å². The van der Waals surface area contributed by atoms with E-state index in [9.17, 15) is 19.5 Å². The second-order valence-electron chi connectivity index (χ2n) is 8.35. The summed E-state index contributed by atoms with van der Waals surface area (Å²) in [5.74, 6) is -1.09. The number of hydrogen-bond acceptors (Lipinski definition) is 5. The number of carbonyl (C=O) groups excluding carboxylic acids is 2. The molecule has 2 aliphatic rings. The first kappa shape index (κ1) is 22.2. The molecule has 2 aromatic carbocycles. The number of fused-ring (bicyclic) bond motifs is 3. The van der Waals surface area contributed by atoms with Crippen molar-refractivity contribution in [2.45, 2.75) is 31.8 Å². The molecule has 1 heterocycles. The number of thioether (sulfide) groups is 1. The maximum absolute atomic E-state index is 13.0. The van der Waals surface area contributed by atoms with E-state index in [2.05, 4.69) is 17.4 Å². The summed E-state index contributed by atoms with van der Waals surface area (Å²) in [7, 11) is 0. The predicted molar refractivity (Wildman–Crippen MR) is 122 cm³/mol. The minimum Gasteiger partial charge on any atom is -0.480 e. The van der Waals surface area contributed by atoms with Crippen LogP contribution in [-0.4, -0.2) is 58.3 Å². The highest BCUT2D eigenvalue weighted by Crippen LogP contribution is 2.44. The van der Waals surface area contributed by atoms with Gasteiger partial charge in [0.2, 0.25) is 5.91 Å². The van der Waals surface area contributed by atoms with Crippen LogP contribution in [0.5, 0.6) is 0 Å². The average molecular weight is 455 g/mol. The number of ether oxygens (including phenoxy) is 1. The van der Waals surface area contributed by atoms with Gasteiger partial charge in [0.15, 0.2) is 0 Å². The lowest BCUT2D eigenvalue weighted by Gasteiger charge is -2.28. The Kier molecular flexibility index (Phi) is 6.41. The summed E-state index contributed by atoms with van der Waals surface area (Å²) in [4.78, 5) is 38.4. The number of carbonyl (C=O) groups is 3. The van der Waals surface area contributed by atoms with Gasteiger partial charge in [-0.2, -0.15) is 0 Å². The molecule has 8 heteroatoms. The summed E-state index contributed by atoms with van der Waals surface area (Å²) in [6, 6.07) is 14.4. The van der Waals surface area contributed by atoms with Crippen molar-refractivity contribution >= 4 is 29.7 Å². The van der Waals surface area contributed by atoms with Crippen LogP contribution in [0.25, 0.3) is 11.1 Å². The molecule has 2 atom stereocenters. The maximum atomic E-state index is 13.0. The number of nitrogens with one attached hydrogen (secondary N) is 1. The zero-order chi connectivity index (χ0) is 22.8. The number of alkyl carbamates (subject to hydrolysis) is 1. The van der Waals surface area contributed by atoms with Crippen molar-refractivity contribution in [3.05, 3.63) is 59.7 Å². The van der Waals surface area contributed by atoms with Gasteiger partial charge in [0.1, 0.15) is 18.7 Å². The van der Waals surface area contributed by atoms with Crippen LogP contribution in [0, 0.1) is 5.92 Å². The van der Waals surface area contributed by atoms with E-state index in [1.54, 1.807) is 0 Å². The molecule has 1 saturated heterocycles. The summed E-state index contributed by atoms with van der Waals surface area (Å²) in [5, 5.41) is 12.1. The fraction of sp³-hybridized carbons (Fsp3) is 0.375. The summed E-state index contributed by atoms with van der Waals surface area (Å²) >= 11 is 1.39. The lowest BCUT2D eigenvalue weighted by molar-refractivity contribution is -0.148. The molecule has 0 spiro atoms. The maximum Gasteiger partial charge on any atom is 0.407 e. The standard InChI is InChI=1S/C24H26N2O5S/c1-14(2)21(22(27)26-13-32-12-20(26)23(28)29)25-24(30)31-11-19-17-9-5-3-7-15(17)16-8-4-6-10-18(16)19/h3-10,14,19-21H,11-13H2,1-2H3,(H,25,30)(H,28,29). The number of carboxylic acids is 1. The van der Waals surface area contributed by atoms with Gasteiger partial charge in [0.05, 0.1) is 5.88 Å². The molecule has 7 nitrogen and oxygen atoms in total. The molecule has 1 fully saturated rings. The first-order valence-corrected chi connectivity index (χ1v) is 11.8. The lowest BCUT2D eigenvalue weighted by Crippen LogP contribution is -2.54. The highest BCUT2D eigenvalue weighted by molar-refractivity contribution is 7.99. The van der Waals surface area contributed by atoms with E-state index in [-0.39, 0.29) is 18.4 Å². The Bertz CT molecular complexity index is 995. The van der Waals surface area contributed by atoms with E-state index >= 15 is 0 Å². The lowest BCUT2D eigenvalue weighted by atomic mass is 9.98. The quantitative estimate of drug-likeness (QED) is 0.693. The Morgan fingerprint density at radius 1 is 1.09 bits per heavy atom. The zero-order valence-corrected chi connectivity index (χ0v) is 18.8. The highest BCUT2D eigenvalue weighted by atomic mass is 32.2. The van der Waals surface area contributed by atoms with E-state index in [1.165, 1.54) is 16.7 Å². The zero-order valence-electron chi connectivity index (χ0n) is 18.0. The van der Waals surface area contributed by atoms with Crippen LogP contribution in [0.3, 0.4) is 0 Å². The number of rotatable bonds is 6. The van der Waals surface area contributed by atoms with Gasteiger partial charge in [-0.3, -0.25) is 4.79 Å². The molecule has 32 heavy (non-hydrogen) atoms. The fourth-order valence-corrected chi connectivity index (χ4v) is 5.48. The largest absolute Gasteiger partial charge is 0.480 e. The minimum absolute atomic E-state index is 0.0762. The van der Waals surface area contributed by atoms with Gasteiger partial charge in [-0.05, 0) is 28.2 Å². The molecule has 1 aliphatic carbocycles. The molecular weight excluding hydrogens is 428 g/mol. The summed E-state index contributed by atoms with van der Waals surface area (Å²) < 4.78 is 5.57.